The number of rotatable bonds is 9. The monoisotopic (exact) mass is 288 g/mol. The average molecular weight is 288 g/mol. The highest BCUT2D eigenvalue weighted by Crippen LogP contribution is 2.20. The molecule has 0 saturated heterocycles. The highest BCUT2D eigenvalue weighted by molar-refractivity contribution is 8.02. The van der Waals surface area contributed by atoms with Crippen molar-refractivity contribution in [2.75, 3.05) is 0 Å². The molecule has 0 fully saturated rings. The molecular weight excluding hydrogens is 264 g/mol. The van der Waals surface area contributed by atoms with Gasteiger partial charge < -0.3 is 4.98 Å². The number of para-hydroxylation sites is 2. The van der Waals surface area contributed by atoms with E-state index in [0.717, 1.165) is 16.2 Å². The third-order valence-electron chi connectivity index (χ3n) is 3.37. The third kappa shape index (κ3) is 5.04. The Morgan fingerprint density at radius 2 is 1.90 bits per heavy atom. The van der Waals surface area contributed by atoms with E-state index >= 15 is 0 Å². The molecule has 0 saturated carbocycles. The van der Waals surface area contributed by atoms with Crippen molar-refractivity contribution >= 4 is 22.8 Å². The second-order valence-electron chi connectivity index (χ2n) is 5.11. The zero-order valence-corrected chi connectivity index (χ0v) is 13.1. The molecule has 20 heavy (non-hydrogen) atoms. The summed E-state index contributed by atoms with van der Waals surface area (Å²) in [4.78, 5) is 7.86. The summed E-state index contributed by atoms with van der Waals surface area (Å²) in [6.07, 6.45) is 11.6. The lowest BCUT2D eigenvalue weighted by molar-refractivity contribution is 0.611. The van der Waals surface area contributed by atoms with Crippen LogP contribution in [0.25, 0.3) is 11.0 Å². The fourth-order valence-electron chi connectivity index (χ4n) is 2.21. The summed E-state index contributed by atoms with van der Waals surface area (Å²) in [5.41, 5.74) is 2.15. The van der Waals surface area contributed by atoms with Crippen LogP contribution in [0.5, 0.6) is 0 Å². The van der Waals surface area contributed by atoms with Crippen molar-refractivity contribution in [3.63, 3.8) is 0 Å². The summed E-state index contributed by atoms with van der Waals surface area (Å²) in [7, 11) is 0. The van der Waals surface area contributed by atoms with Gasteiger partial charge in [-0.2, -0.15) is 0 Å². The van der Waals surface area contributed by atoms with E-state index in [0.29, 0.717) is 0 Å². The molecule has 0 radical (unpaired) electrons. The maximum Gasteiger partial charge on any atom is 0.170 e. The Bertz CT molecular complexity index is 498. The number of aromatic nitrogens is 2. The molecule has 0 amide bonds. The zero-order chi connectivity index (χ0) is 14.0. The number of allylic oxidation sites excluding steroid dienone is 1. The van der Waals surface area contributed by atoms with Crippen LogP contribution in [0.15, 0.2) is 40.9 Å². The second kappa shape index (κ2) is 8.85. The van der Waals surface area contributed by atoms with Gasteiger partial charge in [-0.1, -0.05) is 69.0 Å². The molecule has 0 aliphatic rings. The molecule has 0 spiro atoms. The highest BCUT2D eigenvalue weighted by Gasteiger charge is 1.99. The van der Waals surface area contributed by atoms with E-state index in [1.807, 2.05) is 18.2 Å². The Hall–Kier alpha value is -1.22. The van der Waals surface area contributed by atoms with E-state index < -0.39 is 0 Å². The summed E-state index contributed by atoms with van der Waals surface area (Å²) in [6.45, 7) is 2.26. The second-order valence-corrected chi connectivity index (χ2v) is 6.00. The first kappa shape index (κ1) is 15.2. The Morgan fingerprint density at radius 1 is 1.10 bits per heavy atom. The molecule has 0 bridgehead atoms. The van der Waals surface area contributed by atoms with Crippen LogP contribution in [-0.2, 0) is 0 Å². The van der Waals surface area contributed by atoms with E-state index in [-0.39, 0.29) is 0 Å². The number of fused-ring (bicyclic) bond motifs is 1. The number of hydrogen-bond acceptors (Lipinski definition) is 2. The van der Waals surface area contributed by atoms with Crippen molar-refractivity contribution in [1.82, 2.24) is 9.97 Å². The van der Waals surface area contributed by atoms with Crippen LogP contribution >= 0.6 is 11.8 Å². The molecule has 108 valence electrons. The predicted molar refractivity (Wildman–Crippen MR) is 89.1 cm³/mol. The lowest BCUT2D eigenvalue weighted by atomic mass is 10.1. The van der Waals surface area contributed by atoms with Crippen LogP contribution in [0.3, 0.4) is 0 Å². The number of imidazole rings is 1. The number of nitrogens with one attached hydrogen (secondary N) is 1. The lowest BCUT2D eigenvalue weighted by Crippen LogP contribution is -1.77. The molecule has 1 heterocycles. The van der Waals surface area contributed by atoms with E-state index in [4.69, 9.17) is 0 Å². The number of nitrogens with zero attached hydrogens (tertiary/aromatic N) is 1. The lowest BCUT2D eigenvalue weighted by Gasteiger charge is -1.97. The number of thioether (sulfide) groups is 1. The van der Waals surface area contributed by atoms with Gasteiger partial charge >= 0.3 is 0 Å². The van der Waals surface area contributed by atoms with Gasteiger partial charge in [0, 0.05) is 0 Å². The van der Waals surface area contributed by atoms with E-state index in [1.165, 1.54) is 44.9 Å². The van der Waals surface area contributed by atoms with Crippen LogP contribution < -0.4 is 0 Å². The van der Waals surface area contributed by atoms with Crippen LogP contribution in [-0.4, -0.2) is 9.97 Å². The first-order chi connectivity index (χ1) is 9.90. The molecule has 0 aliphatic carbocycles. The number of benzene rings is 1. The van der Waals surface area contributed by atoms with Gasteiger partial charge in [0.05, 0.1) is 11.0 Å². The minimum Gasteiger partial charge on any atom is -0.333 e. The summed E-state index contributed by atoms with van der Waals surface area (Å²) in [6, 6.07) is 8.15. The smallest absolute Gasteiger partial charge is 0.170 e. The molecule has 2 rings (SSSR count). The van der Waals surface area contributed by atoms with Crippen LogP contribution in [0.1, 0.15) is 51.9 Å². The van der Waals surface area contributed by atoms with Crippen molar-refractivity contribution in [3.05, 3.63) is 35.7 Å². The van der Waals surface area contributed by atoms with Gasteiger partial charge in [-0.3, -0.25) is 0 Å². The molecule has 1 N–H and O–H groups in total. The quantitative estimate of drug-likeness (QED) is 0.458. The molecule has 0 atom stereocenters. The fraction of sp³-hybridized carbons (Fsp3) is 0.471. The van der Waals surface area contributed by atoms with Gasteiger partial charge in [0.15, 0.2) is 5.16 Å². The topological polar surface area (TPSA) is 28.7 Å². The van der Waals surface area contributed by atoms with Crippen molar-refractivity contribution in [3.8, 4) is 0 Å². The number of hydrogen-bond donors (Lipinski definition) is 1. The Morgan fingerprint density at radius 3 is 2.75 bits per heavy atom. The van der Waals surface area contributed by atoms with Crippen LogP contribution in [0.2, 0.25) is 0 Å². The molecule has 1 aromatic heterocycles. The maximum absolute atomic E-state index is 4.54. The van der Waals surface area contributed by atoms with Gasteiger partial charge in [-0.15, -0.1) is 0 Å². The zero-order valence-electron chi connectivity index (χ0n) is 12.3. The molecular formula is C17H24N2S. The normalized spacial score (nSPS) is 11.7. The molecule has 1 aromatic carbocycles. The molecule has 2 aromatic rings. The largest absolute Gasteiger partial charge is 0.333 e. The minimum atomic E-state index is 0.977. The van der Waals surface area contributed by atoms with Crippen molar-refractivity contribution in [2.24, 2.45) is 0 Å². The van der Waals surface area contributed by atoms with Crippen molar-refractivity contribution in [1.29, 1.82) is 0 Å². The fourth-order valence-corrected chi connectivity index (χ4v) is 2.89. The molecule has 0 unspecified atom stereocenters. The summed E-state index contributed by atoms with van der Waals surface area (Å²) >= 11 is 1.67. The first-order valence-corrected chi connectivity index (χ1v) is 8.54. The number of unbranched alkanes of at least 4 members (excludes halogenated alkanes) is 6. The SMILES string of the molecule is CCCCCCCC/C=C\Sc1nc2ccccc2[nH]1. The summed E-state index contributed by atoms with van der Waals surface area (Å²) < 4.78 is 0. The van der Waals surface area contributed by atoms with Crippen LogP contribution in [0.4, 0.5) is 0 Å². The average Bonchev–Trinajstić information content (AvgIpc) is 2.88. The number of H-pyrrole nitrogens is 1. The van der Waals surface area contributed by atoms with Gasteiger partial charge in [0.25, 0.3) is 0 Å². The molecule has 3 heteroatoms. The first-order valence-electron chi connectivity index (χ1n) is 7.66. The number of aromatic amines is 1. The standard InChI is InChI=1S/C17H24N2S/c1-2-3-4-5-6-7-8-11-14-20-17-18-15-12-9-10-13-16(15)19-17/h9-14H,2-8H2,1H3,(H,18,19)/b14-11-. The van der Waals surface area contributed by atoms with Gasteiger partial charge in [0.1, 0.15) is 0 Å². The van der Waals surface area contributed by atoms with Gasteiger partial charge in [-0.25, -0.2) is 4.98 Å². The molecule has 0 aliphatic heterocycles. The molecule has 2 nitrogen and oxygen atoms in total. The predicted octanol–water partition coefficient (Wildman–Crippen LogP) is 5.92. The Labute approximate surface area is 126 Å². The van der Waals surface area contributed by atoms with Crippen molar-refractivity contribution in [2.45, 2.75) is 57.0 Å². The van der Waals surface area contributed by atoms with Crippen LogP contribution in [0, 0.1) is 0 Å². The van der Waals surface area contributed by atoms with E-state index in [9.17, 15) is 0 Å². The summed E-state index contributed by atoms with van der Waals surface area (Å²) in [5.74, 6) is 0. The highest BCUT2D eigenvalue weighted by atomic mass is 32.2. The van der Waals surface area contributed by atoms with E-state index in [2.05, 4.69) is 34.4 Å². The Kier molecular flexibility index (Phi) is 6.72. The third-order valence-corrected chi connectivity index (χ3v) is 4.11. The van der Waals surface area contributed by atoms with Crippen molar-refractivity contribution < 1.29 is 0 Å². The van der Waals surface area contributed by atoms with Gasteiger partial charge in [0.2, 0.25) is 0 Å². The van der Waals surface area contributed by atoms with E-state index in [1.54, 1.807) is 11.8 Å². The summed E-state index contributed by atoms with van der Waals surface area (Å²) in [5, 5.41) is 3.13. The maximum atomic E-state index is 4.54. The minimum absolute atomic E-state index is 0.977. The Balaban J connectivity index is 1.63. The van der Waals surface area contributed by atoms with Gasteiger partial charge in [-0.05, 0) is 30.4 Å².